The number of nitrogen functional groups attached to an aromatic ring is 1. The molecule has 0 unspecified atom stereocenters. The van der Waals surface area contributed by atoms with Crippen LogP contribution in [0.4, 0.5) is 5.69 Å². The molecule has 0 atom stereocenters. The second kappa shape index (κ2) is 5.30. The zero-order valence-corrected chi connectivity index (χ0v) is 13.1. The first-order valence-electron chi connectivity index (χ1n) is 6.27. The van der Waals surface area contributed by atoms with Crippen LogP contribution in [0.2, 0.25) is 0 Å². The Morgan fingerprint density at radius 1 is 1.13 bits per heavy atom. The highest BCUT2D eigenvalue weighted by molar-refractivity contribution is 7.86. The van der Waals surface area contributed by atoms with E-state index in [4.69, 9.17) is 10.8 Å². The third-order valence-electron chi connectivity index (χ3n) is 3.16. The van der Waals surface area contributed by atoms with Crippen LogP contribution < -0.4 is 5.73 Å². The van der Waals surface area contributed by atoms with E-state index in [1.807, 2.05) is 0 Å². The number of thiazole rings is 1. The Hall–Kier alpha value is -2.49. The fourth-order valence-electron chi connectivity index (χ4n) is 2.14. The first-order chi connectivity index (χ1) is 10.8. The highest BCUT2D eigenvalue weighted by Crippen LogP contribution is 2.36. The number of rotatable bonds is 3. The van der Waals surface area contributed by atoms with Crippen LogP contribution in [0.15, 0.2) is 41.3 Å². The van der Waals surface area contributed by atoms with Crippen LogP contribution in [-0.2, 0) is 10.1 Å². The molecule has 2 aromatic carbocycles. The summed E-state index contributed by atoms with van der Waals surface area (Å²) in [6, 6.07) is 9.31. The lowest BCUT2D eigenvalue weighted by molar-refractivity contribution is 0.0692. The van der Waals surface area contributed by atoms with Gasteiger partial charge in [0.15, 0.2) is 0 Å². The Labute approximate surface area is 134 Å². The molecular weight excluding hydrogens is 340 g/mol. The highest BCUT2D eigenvalue weighted by atomic mass is 32.2. The SMILES string of the molecule is Nc1ccc(-c2nc3ccc(C(=O)O)c(S(=O)(=O)O)c3s2)cc1. The number of carboxylic acid groups (broad SMARTS) is 1. The molecule has 9 heteroatoms. The highest BCUT2D eigenvalue weighted by Gasteiger charge is 2.25. The van der Waals surface area contributed by atoms with Gasteiger partial charge in [0.2, 0.25) is 0 Å². The number of carboxylic acids is 1. The molecule has 0 radical (unpaired) electrons. The maximum absolute atomic E-state index is 11.6. The molecule has 1 aromatic heterocycles. The summed E-state index contributed by atoms with van der Waals surface area (Å²) in [5, 5.41) is 9.63. The molecule has 0 aliphatic carbocycles. The van der Waals surface area contributed by atoms with Gasteiger partial charge in [0.25, 0.3) is 10.1 Å². The number of nitrogens with two attached hydrogens (primary N) is 1. The fraction of sp³-hybridized carbons (Fsp3) is 0. The summed E-state index contributed by atoms with van der Waals surface area (Å²) in [5.41, 5.74) is 6.70. The Morgan fingerprint density at radius 3 is 2.35 bits per heavy atom. The lowest BCUT2D eigenvalue weighted by atomic mass is 10.2. The van der Waals surface area contributed by atoms with Gasteiger partial charge in [-0.1, -0.05) is 0 Å². The Balaban J connectivity index is 2.32. The molecule has 0 bridgehead atoms. The second-order valence-electron chi connectivity index (χ2n) is 4.71. The summed E-state index contributed by atoms with van der Waals surface area (Å²) in [4.78, 5) is 14.9. The van der Waals surface area contributed by atoms with E-state index in [-0.39, 0.29) is 4.70 Å². The van der Waals surface area contributed by atoms with Crippen molar-refractivity contribution in [3.8, 4) is 10.6 Å². The molecule has 0 aliphatic rings. The minimum absolute atomic E-state index is 0.0965. The predicted octanol–water partition coefficient (Wildman–Crippen LogP) is 2.49. The average Bonchev–Trinajstić information content (AvgIpc) is 2.89. The van der Waals surface area contributed by atoms with Crippen LogP contribution >= 0.6 is 11.3 Å². The molecule has 0 aliphatic heterocycles. The maximum atomic E-state index is 11.6. The smallest absolute Gasteiger partial charge is 0.337 e. The van der Waals surface area contributed by atoms with Crippen molar-refractivity contribution < 1.29 is 22.9 Å². The van der Waals surface area contributed by atoms with Crippen molar-refractivity contribution in [1.29, 1.82) is 0 Å². The van der Waals surface area contributed by atoms with Gasteiger partial charge in [-0.2, -0.15) is 8.42 Å². The maximum Gasteiger partial charge on any atom is 0.337 e. The number of fused-ring (bicyclic) bond motifs is 1. The van der Waals surface area contributed by atoms with E-state index >= 15 is 0 Å². The van der Waals surface area contributed by atoms with Gasteiger partial charge in [-0.3, -0.25) is 4.55 Å². The third-order valence-corrected chi connectivity index (χ3v) is 5.36. The van der Waals surface area contributed by atoms with Crippen LogP contribution in [0.25, 0.3) is 20.8 Å². The Morgan fingerprint density at radius 2 is 1.78 bits per heavy atom. The molecule has 3 rings (SSSR count). The number of aromatic carboxylic acids is 1. The molecule has 0 saturated carbocycles. The van der Waals surface area contributed by atoms with Crippen molar-refractivity contribution in [2.45, 2.75) is 4.90 Å². The molecular formula is C14H10N2O5S2. The number of anilines is 1. The molecule has 4 N–H and O–H groups in total. The lowest BCUT2D eigenvalue weighted by Gasteiger charge is -2.03. The quantitative estimate of drug-likeness (QED) is 0.488. The standard InChI is InChI=1S/C14H10N2O5S2/c15-8-3-1-7(2-4-8)13-16-10-6-5-9(14(17)18)12(11(10)22-13)23(19,20)21/h1-6H,15H2,(H,17,18)(H,19,20,21). The van der Waals surface area contributed by atoms with E-state index < -0.39 is 26.5 Å². The summed E-state index contributed by atoms with van der Waals surface area (Å²) in [7, 11) is -4.71. The molecule has 23 heavy (non-hydrogen) atoms. The van der Waals surface area contributed by atoms with Crippen molar-refractivity contribution >= 4 is 43.3 Å². The zero-order valence-electron chi connectivity index (χ0n) is 11.4. The topological polar surface area (TPSA) is 131 Å². The van der Waals surface area contributed by atoms with E-state index in [1.165, 1.54) is 6.07 Å². The van der Waals surface area contributed by atoms with Gasteiger partial charge in [0, 0.05) is 11.3 Å². The van der Waals surface area contributed by atoms with Crippen molar-refractivity contribution in [3.05, 3.63) is 42.0 Å². The van der Waals surface area contributed by atoms with Crippen LogP contribution in [0.3, 0.4) is 0 Å². The molecule has 118 valence electrons. The molecule has 7 nitrogen and oxygen atoms in total. The number of hydrogen-bond acceptors (Lipinski definition) is 6. The van der Waals surface area contributed by atoms with Gasteiger partial charge in [-0.15, -0.1) is 11.3 Å². The van der Waals surface area contributed by atoms with Gasteiger partial charge in [0.1, 0.15) is 9.90 Å². The molecule has 0 spiro atoms. The van der Waals surface area contributed by atoms with Gasteiger partial charge < -0.3 is 10.8 Å². The van der Waals surface area contributed by atoms with E-state index in [2.05, 4.69) is 4.98 Å². The van der Waals surface area contributed by atoms with E-state index in [1.54, 1.807) is 24.3 Å². The molecule has 0 fully saturated rings. The van der Waals surface area contributed by atoms with Gasteiger partial charge in [-0.25, -0.2) is 9.78 Å². The van der Waals surface area contributed by atoms with Crippen molar-refractivity contribution in [2.75, 3.05) is 5.73 Å². The number of nitrogens with zero attached hydrogens (tertiary/aromatic N) is 1. The monoisotopic (exact) mass is 350 g/mol. The number of carbonyl (C=O) groups is 1. The zero-order chi connectivity index (χ0) is 16.8. The number of aromatic nitrogens is 1. The predicted molar refractivity (Wildman–Crippen MR) is 86.2 cm³/mol. The Bertz CT molecular complexity index is 1020. The van der Waals surface area contributed by atoms with E-state index in [9.17, 15) is 17.8 Å². The van der Waals surface area contributed by atoms with Crippen molar-refractivity contribution in [3.63, 3.8) is 0 Å². The van der Waals surface area contributed by atoms with Crippen molar-refractivity contribution in [2.24, 2.45) is 0 Å². The minimum Gasteiger partial charge on any atom is -0.478 e. The summed E-state index contributed by atoms with van der Waals surface area (Å²) in [6.07, 6.45) is 0. The van der Waals surface area contributed by atoms with Crippen LogP contribution in [0.1, 0.15) is 10.4 Å². The minimum atomic E-state index is -4.71. The normalized spacial score (nSPS) is 11.7. The van der Waals surface area contributed by atoms with E-state index in [0.717, 1.165) is 17.4 Å². The largest absolute Gasteiger partial charge is 0.478 e. The van der Waals surface area contributed by atoms with Crippen LogP contribution in [0.5, 0.6) is 0 Å². The average molecular weight is 350 g/mol. The molecule has 0 amide bonds. The molecule has 0 saturated heterocycles. The van der Waals surface area contributed by atoms with Gasteiger partial charge >= 0.3 is 5.97 Å². The van der Waals surface area contributed by atoms with Gasteiger partial charge in [0.05, 0.1) is 15.8 Å². The first-order valence-corrected chi connectivity index (χ1v) is 8.53. The lowest BCUT2D eigenvalue weighted by Crippen LogP contribution is -2.08. The number of hydrogen-bond donors (Lipinski definition) is 3. The third kappa shape index (κ3) is 2.77. The number of benzene rings is 2. The van der Waals surface area contributed by atoms with Gasteiger partial charge in [-0.05, 0) is 36.4 Å². The van der Waals surface area contributed by atoms with Crippen LogP contribution in [-0.4, -0.2) is 29.0 Å². The summed E-state index contributed by atoms with van der Waals surface area (Å²) < 4.78 is 32.7. The summed E-state index contributed by atoms with van der Waals surface area (Å²) in [6.45, 7) is 0. The van der Waals surface area contributed by atoms with Crippen molar-refractivity contribution in [1.82, 2.24) is 4.98 Å². The summed E-state index contributed by atoms with van der Waals surface area (Å²) >= 11 is 0.987. The van der Waals surface area contributed by atoms with Crippen LogP contribution in [0, 0.1) is 0 Å². The second-order valence-corrected chi connectivity index (χ2v) is 7.07. The molecule has 1 heterocycles. The first kappa shape index (κ1) is 15.4. The van der Waals surface area contributed by atoms with E-state index in [0.29, 0.717) is 21.8 Å². The molecule has 3 aromatic rings. The fourth-order valence-corrected chi connectivity index (χ4v) is 4.37. The summed E-state index contributed by atoms with van der Waals surface area (Å²) in [5.74, 6) is -1.44. The Kier molecular flexibility index (Phi) is 3.55.